The number of nitrogens with one attached hydrogen (secondary N) is 2. The maximum atomic E-state index is 12.5. The van der Waals surface area contributed by atoms with Crippen LogP contribution in [-0.2, 0) is 14.8 Å². The lowest BCUT2D eigenvalue weighted by Crippen LogP contribution is -2.30. The number of hydrogen-bond donors (Lipinski definition) is 3. The summed E-state index contributed by atoms with van der Waals surface area (Å²) in [7, 11) is -0.773. The largest absolute Gasteiger partial charge is 0.497 e. The monoisotopic (exact) mass is 419 g/mol. The van der Waals surface area contributed by atoms with Crippen molar-refractivity contribution in [2.24, 2.45) is 10.2 Å². The van der Waals surface area contributed by atoms with Crippen molar-refractivity contribution in [3.05, 3.63) is 48.0 Å². The molecule has 4 N–H and O–H groups in total. The third-order valence-electron chi connectivity index (χ3n) is 4.04. The Morgan fingerprint density at radius 2 is 1.96 bits per heavy atom. The molecule has 0 bridgehead atoms. The van der Waals surface area contributed by atoms with Gasteiger partial charge in [-0.15, -0.1) is 0 Å². The number of sulfonamides is 1. The molecule has 1 aliphatic heterocycles. The summed E-state index contributed by atoms with van der Waals surface area (Å²) in [6, 6.07) is 11.2. The molecule has 9 nitrogen and oxygen atoms in total. The van der Waals surface area contributed by atoms with E-state index in [1.54, 1.807) is 37.4 Å². The number of para-hydroxylation sites is 1. The summed E-state index contributed by atoms with van der Waals surface area (Å²) < 4.78 is 28.5. The third kappa shape index (κ3) is 3.81. The summed E-state index contributed by atoms with van der Waals surface area (Å²) in [4.78, 5) is 13.8. The van der Waals surface area contributed by atoms with Gasteiger partial charge in [-0.3, -0.25) is 10.2 Å². The minimum absolute atomic E-state index is 0.00426. The average Bonchev–Trinajstić information content (AvgIpc) is 2.89. The van der Waals surface area contributed by atoms with Gasteiger partial charge in [0.1, 0.15) is 10.6 Å². The van der Waals surface area contributed by atoms with Crippen LogP contribution in [0.1, 0.15) is 5.56 Å². The van der Waals surface area contributed by atoms with E-state index in [1.807, 2.05) is 0 Å². The summed E-state index contributed by atoms with van der Waals surface area (Å²) in [5.41, 5.74) is 4.19. The zero-order valence-corrected chi connectivity index (χ0v) is 16.6. The molecular weight excluding hydrogens is 402 g/mol. The standard InChI is InChI=1S/C17H17N5O4S2/c1-22-13-8-7-10(26-2)9-11(13)15(16(22)23)20-21-17(27)19-12-5-3-4-6-14(12)28(18,24)25/h3-9H,1-2H3,(H2,18,24,25)(H2,19,21,27). The number of likely N-dealkylation sites (N-methyl/N-ethyl adjacent to an activating group) is 1. The molecule has 1 aliphatic rings. The second-order valence-corrected chi connectivity index (χ2v) is 7.75. The molecule has 146 valence electrons. The number of primary sulfonamides is 1. The van der Waals surface area contributed by atoms with Crippen LogP contribution < -0.4 is 25.5 Å². The van der Waals surface area contributed by atoms with Crippen LogP contribution in [0.3, 0.4) is 0 Å². The minimum Gasteiger partial charge on any atom is -0.497 e. The van der Waals surface area contributed by atoms with Crippen LogP contribution in [0.2, 0.25) is 0 Å². The number of hydrogen-bond acceptors (Lipinski definition) is 6. The maximum Gasteiger partial charge on any atom is 0.279 e. The van der Waals surface area contributed by atoms with E-state index in [9.17, 15) is 13.2 Å². The van der Waals surface area contributed by atoms with E-state index in [0.29, 0.717) is 17.0 Å². The van der Waals surface area contributed by atoms with Gasteiger partial charge in [-0.2, -0.15) is 5.10 Å². The second kappa shape index (κ2) is 7.54. The van der Waals surface area contributed by atoms with Crippen LogP contribution in [0.15, 0.2) is 52.5 Å². The predicted molar refractivity (Wildman–Crippen MR) is 110 cm³/mol. The van der Waals surface area contributed by atoms with Crippen LogP contribution >= 0.6 is 12.2 Å². The number of nitrogens with zero attached hydrogens (tertiary/aromatic N) is 2. The van der Waals surface area contributed by atoms with Gasteiger partial charge in [0.15, 0.2) is 10.8 Å². The number of benzene rings is 2. The van der Waals surface area contributed by atoms with E-state index in [1.165, 1.54) is 24.1 Å². The van der Waals surface area contributed by atoms with Crippen LogP contribution in [0.25, 0.3) is 0 Å². The van der Waals surface area contributed by atoms with Gasteiger partial charge in [0.05, 0.1) is 18.5 Å². The van der Waals surface area contributed by atoms with Gasteiger partial charge in [0.25, 0.3) is 5.91 Å². The minimum atomic E-state index is -3.93. The molecule has 1 heterocycles. The molecule has 2 aromatic carbocycles. The van der Waals surface area contributed by atoms with Crippen molar-refractivity contribution in [1.82, 2.24) is 5.43 Å². The molecule has 0 unspecified atom stereocenters. The fourth-order valence-corrected chi connectivity index (χ4v) is 3.54. The highest BCUT2D eigenvalue weighted by molar-refractivity contribution is 7.89. The molecule has 0 fully saturated rings. The van der Waals surface area contributed by atoms with Crippen molar-refractivity contribution in [1.29, 1.82) is 0 Å². The second-order valence-electron chi connectivity index (χ2n) is 5.81. The summed E-state index contributed by atoms with van der Waals surface area (Å²) in [6.45, 7) is 0. The number of carbonyl (C=O) groups is 1. The summed E-state index contributed by atoms with van der Waals surface area (Å²) in [6.07, 6.45) is 0. The molecule has 3 rings (SSSR count). The van der Waals surface area contributed by atoms with Crippen molar-refractivity contribution in [2.75, 3.05) is 24.4 Å². The van der Waals surface area contributed by atoms with Crippen molar-refractivity contribution in [2.45, 2.75) is 4.90 Å². The number of rotatable bonds is 4. The first-order chi connectivity index (χ1) is 13.2. The molecule has 11 heteroatoms. The van der Waals surface area contributed by atoms with Crippen molar-refractivity contribution < 1.29 is 17.9 Å². The van der Waals surface area contributed by atoms with E-state index >= 15 is 0 Å². The van der Waals surface area contributed by atoms with Gasteiger partial charge >= 0.3 is 0 Å². The van der Waals surface area contributed by atoms with Crippen LogP contribution in [0.4, 0.5) is 11.4 Å². The van der Waals surface area contributed by atoms with Crippen molar-refractivity contribution >= 4 is 50.3 Å². The van der Waals surface area contributed by atoms with Gasteiger partial charge < -0.3 is 15.0 Å². The highest BCUT2D eigenvalue weighted by Gasteiger charge is 2.32. The Bertz CT molecular complexity index is 1100. The Labute approximate surface area is 167 Å². The number of anilines is 2. The molecule has 0 aromatic heterocycles. The van der Waals surface area contributed by atoms with Gasteiger partial charge in [0.2, 0.25) is 10.0 Å². The Morgan fingerprint density at radius 1 is 1.25 bits per heavy atom. The molecule has 0 saturated heterocycles. The zero-order chi connectivity index (χ0) is 20.5. The van der Waals surface area contributed by atoms with E-state index in [4.69, 9.17) is 22.1 Å². The predicted octanol–water partition coefficient (Wildman–Crippen LogP) is 1.01. The number of fused-ring (bicyclic) bond motifs is 1. The molecule has 2 aromatic rings. The lowest BCUT2D eigenvalue weighted by molar-refractivity contribution is -0.111. The highest BCUT2D eigenvalue weighted by atomic mass is 32.2. The first kappa shape index (κ1) is 19.7. The number of hydrazone groups is 1. The maximum absolute atomic E-state index is 12.5. The molecule has 0 spiro atoms. The number of amides is 1. The lowest BCUT2D eigenvalue weighted by Gasteiger charge is -2.11. The normalized spacial score (nSPS) is 14.8. The van der Waals surface area contributed by atoms with Gasteiger partial charge in [0, 0.05) is 12.6 Å². The molecule has 0 aliphatic carbocycles. The zero-order valence-electron chi connectivity index (χ0n) is 15.0. The number of thiocarbonyl (C=S) groups is 1. The first-order valence-corrected chi connectivity index (χ1v) is 9.91. The Hall–Kier alpha value is -3.02. The number of methoxy groups -OCH3 is 1. The van der Waals surface area contributed by atoms with Crippen LogP contribution in [-0.4, -0.2) is 39.3 Å². The van der Waals surface area contributed by atoms with E-state index in [2.05, 4.69) is 15.8 Å². The van der Waals surface area contributed by atoms with E-state index in [-0.39, 0.29) is 27.3 Å². The van der Waals surface area contributed by atoms with Crippen molar-refractivity contribution in [3.63, 3.8) is 0 Å². The Kier molecular flexibility index (Phi) is 5.31. The molecule has 0 radical (unpaired) electrons. The molecule has 28 heavy (non-hydrogen) atoms. The molecule has 0 saturated carbocycles. The smallest absolute Gasteiger partial charge is 0.279 e. The van der Waals surface area contributed by atoms with Crippen molar-refractivity contribution in [3.8, 4) is 5.75 Å². The molecule has 1 amide bonds. The molecular formula is C17H17N5O4S2. The fraction of sp³-hybridized carbons (Fsp3) is 0.118. The van der Waals surface area contributed by atoms with Gasteiger partial charge in [-0.1, -0.05) is 12.1 Å². The Balaban J connectivity index is 1.84. The quantitative estimate of drug-likeness (QED) is 0.499. The topological polar surface area (TPSA) is 126 Å². The number of carbonyl (C=O) groups excluding carboxylic acids is 1. The molecule has 0 atom stereocenters. The van der Waals surface area contributed by atoms with Crippen LogP contribution in [0.5, 0.6) is 5.75 Å². The fourth-order valence-electron chi connectivity index (χ4n) is 2.69. The van der Waals surface area contributed by atoms with E-state index in [0.717, 1.165) is 0 Å². The van der Waals surface area contributed by atoms with Gasteiger partial charge in [-0.05, 0) is 42.5 Å². The van der Waals surface area contributed by atoms with E-state index < -0.39 is 10.0 Å². The average molecular weight is 419 g/mol. The summed E-state index contributed by atoms with van der Waals surface area (Å²) in [5, 5.41) is 12.0. The summed E-state index contributed by atoms with van der Waals surface area (Å²) in [5.74, 6) is 0.265. The summed E-state index contributed by atoms with van der Waals surface area (Å²) >= 11 is 5.15. The number of nitrogens with two attached hydrogens (primary N) is 1. The Morgan fingerprint density at radius 3 is 2.64 bits per heavy atom. The first-order valence-electron chi connectivity index (χ1n) is 7.95. The number of ether oxygens (including phenoxy) is 1. The van der Waals surface area contributed by atoms with Gasteiger partial charge in [-0.25, -0.2) is 13.6 Å². The highest BCUT2D eigenvalue weighted by Crippen LogP contribution is 2.31. The van der Waals surface area contributed by atoms with Crippen LogP contribution in [0, 0.1) is 0 Å². The lowest BCUT2D eigenvalue weighted by atomic mass is 10.1. The SMILES string of the molecule is COc1ccc2c(c1)C(=NNC(=S)Nc1ccccc1S(N)(=O)=O)C(=O)N2C. The third-order valence-corrected chi connectivity index (χ3v) is 5.20.